The van der Waals surface area contributed by atoms with Crippen LogP contribution in [-0.2, 0) is 16.0 Å². The summed E-state index contributed by atoms with van der Waals surface area (Å²) in [5.41, 5.74) is 3.03. The Kier molecular flexibility index (Phi) is 14.8. The average molecular weight is 719 g/mol. The van der Waals surface area contributed by atoms with Crippen LogP contribution in [0.3, 0.4) is 0 Å². The minimum absolute atomic E-state index is 0. The van der Waals surface area contributed by atoms with Gasteiger partial charge in [0.25, 0.3) is 0 Å². The fourth-order valence-electron chi connectivity index (χ4n) is 6.37. The van der Waals surface area contributed by atoms with Crippen LogP contribution < -0.4 is 23.8 Å². The lowest BCUT2D eigenvalue weighted by Crippen LogP contribution is -2.49. The molecule has 0 bridgehead atoms. The van der Waals surface area contributed by atoms with E-state index in [1.165, 1.54) is 5.56 Å². The van der Waals surface area contributed by atoms with Crippen LogP contribution in [0.15, 0.2) is 77.9 Å². The molecule has 2 aliphatic rings. The number of fused-ring (bicyclic) bond motifs is 1. The van der Waals surface area contributed by atoms with Gasteiger partial charge in [0, 0.05) is 56.8 Å². The third kappa shape index (κ3) is 8.37. The van der Waals surface area contributed by atoms with Crippen molar-refractivity contribution in [2.45, 2.75) is 36.3 Å². The summed E-state index contributed by atoms with van der Waals surface area (Å²) in [4.78, 5) is 21.9. The Morgan fingerprint density at radius 2 is 1.44 bits per heavy atom. The van der Waals surface area contributed by atoms with Crippen molar-refractivity contribution in [3.05, 3.63) is 84.1 Å². The highest BCUT2D eigenvalue weighted by molar-refractivity contribution is 8.01. The number of hydrogen-bond acceptors (Lipinski definition) is 8. The largest absolute Gasteiger partial charge is 0.493 e. The molecule has 1 amide bonds. The van der Waals surface area contributed by atoms with Crippen molar-refractivity contribution in [1.29, 1.82) is 0 Å². The number of anilines is 1. The molecule has 8 nitrogen and oxygen atoms in total. The van der Waals surface area contributed by atoms with Crippen LogP contribution in [0.5, 0.6) is 23.0 Å². The molecule has 262 valence electrons. The number of thioether (sulfide) groups is 1. The SMILES string of the molecule is COc1cc(CCN2CCN(CCC=COc3ccccc3[C@@]3(C(C)C)Sc4ccccc4N(C)C3=O)CC2)cc(OC)c1OC.Cl.Cl. The molecule has 48 heavy (non-hydrogen) atoms. The zero-order valence-electron chi connectivity index (χ0n) is 28.8. The quantitative estimate of drug-likeness (QED) is 0.171. The standard InChI is InChI=1S/C37H47N3O5S.2ClH/c1-27(2)37(36(41)38(3)30-14-8-10-16-34(30)46-37)29-13-7-9-15-31(29)45-24-12-11-18-39-20-22-40(23-21-39)19-17-28-25-32(42-4)35(44-6)33(26-28)43-5;;/h7-10,12-16,24-27H,11,17-23H2,1-6H3;2*1H/t37-;;/m1../s1. The zero-order chi connectivity index (χ0) is 32.7. The number of benzene rings is 3. The highest BCUT2D eigenvalue weighted by Crippen LogP contribution is 2.56. The lowest BCUT2D eigenvalue weighted by atomic mass is 9.85. The van der Waals surface area contributed by atoms with Gasteiger partial charge in [-0.15, -0.1) is 36.6 Å². The molecule has 0 N–H and O–H groups in total. The summed E-state index contributed by atoms with van der Waals surface area (Å²) in [5.74, 6) is 2.87. The number of hydrogen-bond donors (Lipinski definition) is 0. The van der Waals surface area contributed by atoms with Crippen LogP contribution >= 0.6 is 36.6 Å². The summed E-state index contributed by atoms with van der Waals surface area (Å²) in [6.07, 6.45) is 5.69. The monoisotopic (exact) mass is 717 g/mol. The fourth-order valence-corrected chi connectivity index (χ4v) is 7.91. The summed E-state index contributed by atoms with van der Waals surface area (Å²) >= 11 is 1.64. The molecule has 1 saturated heterocycles. The molecule has 1 atom stereocenters. The molecule has 5 rings (SSSR count). The first-order valence-corrected chi connectivity index (χ1v) is 16.8. The number of piperazine rings is 1. The van der Waals surface area contributed by atoms with Crippen LogP contribution in [0.1, 0.15) is 31.4 Å². The van der Waals surface area contributed by atoms with Gasteiger partial charge in [-0.05, 0) is 60.7 Å². The van der Waals surface area contributed by atoms with E-state index in [0.29, 0.717) is 17.2 Å². The van der Waals surface area contributed by atoms with Gasteiger partial charge in [0.1, 0.15) is 10.5 Å². The zero-order valence-corrected chi connectivity index (χ0v) is 31.2. The second kappa shape index (κ2) is 18.1. The van der Waals surface area contributed by atoms with Gasteiger partial charge in [-0.2, -0.15) is 0 Å². The molecule has 0 radical (unpaired) electrons. The van der Waals surface area contributed by atoms with E-state index in [1.807, 2.05) is 61.6 Å². The second-order valence-corrected chi connectivity index (χ2v) is 13.4. The highest BCUT2D eigenvalue weighted by Gasteiger charge is 2.51. The summed E-state index contributed by atoms with van der Waals surface area (Å²) in [5, 5.41) is 0. The number of carbonyl (C=O) groups is 1. The van der Waals surface area contributed by atoms with Crippen molar-refractivity contribution < 1.29 is 23.7 Å². The molecule has 2 heterocycles. The number of carbonyl (C=O) groups excluding carboxylic acids is 1. The van der Waals surface area contributed by atoms with Crippen LogP contribution in [0.4, 0.5) is 5.69 Å². The van der Waals surface area contributed by atoms with Crippen molar-refractivity contribution in [2.24, 2.45) is 5.92 Å². The Morgan fingerprint density at radius 1 is 0.833 bits per heavy atom. The molecular weight excluding hydrogens is 669 g/mol. The summed E-state index contributed by atoms with van der Waals surface area (Å²) in [7, 11) is 6.80. The highest BCUT2D eigenvalue weighted by atomic mass is 35.5. The first kappa shape index (κ1) is 39.4. The summed E-state index contributed by atoms with van der Waals surface area (Å²) < 4.78 is 22.0. The molecular formula is C37H49Cl2N3O5S. The maximum absolute atomic E-state index is 14.0. The number of methoxy groups -OCH3 is 3. The number of halogens is 2. The minimum atomic E-state index is -0.779. The molecule has 11 heteroatoms. The predicted octanol–water partition coefficient (Wildman–Crippen LogP) is 7.32. The summed E-state index contributed by atoms with van der Waals surface area (Å²) in [6.45, 7) is 10.4. The maximum Gasteiger partial charge on any atom is 0.248 e. The maximum atomic E-state index is 14.0. The van der Waals surface area contributed by atoms with E-state index in [2.05, 4.69) is 35.8 Å². The van der Waals surface area contributed by atoms with E-state index >= 15 is 0 Å². The molecule has 0 unspecified atom stereocenters. The fraction of sp³-hybridized carbons (Fsp3) is 0.432. The Bertz CT molecular complexity index is 1510. The third-order valence-electron chi connectivity index (χ3n) is 9.03. The number of rotatable bonds is 13. The Labute approximate surface area is 302 Å². The number of para-hydroxylation sites is 2. The Balaban J connectivity index is 0.00000312. The lowest BCUT2D eigenvalue weighted by molar-refractivity contribution is -0.122. The number of nitrogens with zero attached hydrogens (tertiary/aromatic N) is 3. The number of ether oxygens (including phenoxy) is 4. The second-order valence-electron chi connectivity index (χ2n) is 12.1. The van der Waals surface area contributed by atoms with E-state index in [4.69, 9.17) is 18.9 Å². The van der Waals surface area contributed by atoms with Crippen molar-refractivity contribution in [3.63, 3.8) is 0 Å². The molecule has 2 aliphatic heterocycles. The van der Waals surface area contributed by atoms with Gasteiger partial charge in [0.2, 0.25) is 11.7 Å². The van der Waals surface area contributed by atoms with Crippen molar-refractivity contribution in [2.75, 3.05) is 72.5 Å². The van der Waals surface area contributed by atoms with E-state index < -0.39 is 4.75 Å². The normalized spacial score (nSPS) is 18.2. The van der Waals surface area contributed by atoms with Crippen LogP contribution in [0.2, 0.25) is 0 Å². The van der Waals surface area contributed by atoms with Crippen LogP contribution in [0.25, 0.3) is 0 Å². The van der Waals surface area contributed by atoms with E-state index in [9.17, 15) is 4.79 Å². The minimum Gasteiger partial charge on any atom is -0.493 e. The molecule has 1 fully saturated rings. The average Bonchev–Trinajstić information content (AvgIpc) is 3.08. The van der Waals surface area contributed by atoms with E-state index in [0.717, 1.165) is 74.0 Å². The number of likely N-dealkylation sites (N-methyl/N-ethyl adjacent to an activating group) is 1. The number of amides is 1. The third-order valence-corrected chi connectivity index (χ3v) is 10.8. The van der Waals surface area contributed by atoms with E-state index in [-0.39, 0.29) is 36.6 Å². The van der Waals surface area contributed by atoms with Gasteiger partial charge in [-0.3, -0.25) is 4.79 Å². The Morgan fingerprint density at radius 3 is 2.06 bits per heavy atom. The smallest absolute Gasteiger partial charge is 0.248 e. The van der Waals surface area contributed by atoms with Crippen LogP contribution in [0, 0.1) is 5.92 Å². The van der Waals surface area contributed by atoms with Gasteiger partial charge < -0.3 is 33.6 Å². The molecule has 0 spiro atoms. The molecule has 0 aromatic heterocycles. The topological polar surface area (TPSA) is 63.7 Å². The van der Waals surface area contributed by atoms with Crippen LogP contribution in [-0.4, -0.2) is 83.4 Å². The van der Waals surface area contributed by atoms with Crippen molar-refractivity contribution >= 4 is 48.2 Å². The van der Waals surface area contributed by atoms with Gasteiger partial charge >= 0.3 is 0 Å². The van der Waals surface area contributed by atoms with Gasteiger partial charge in [0.15, 0.2) is 11.5 Å². The first-order valence-electron chi connectivity index (χ1n) is 16.0. The Hall–Kier alpha value is -3.08. The molecule has 3 aromatic rings. The molecule has 0 aliphatic carbocycles. The van der Waals surface area contributed by atoms with Gasteiger partial charge in [-0.1, -0.05) is 44.2 Å². The summed E-state index contributed by atoms with van der Waals surface area (Å²) in [6, 6.07) is 20.2. The molecule has 3 aromatic carbocycles. The van der Waals surface area contributed by atoms with Crippen molar-refractivity contribution in [1.82, 2.24) is 9.80 Å². The molecule has 0 saturated carbocycles. The lowest BCUT2D eigenvalue weighted by Gasteiger charge is -2.43. The van der Waals surface area contributed by atoms with Gasteiger partial charge in [0.05, 0.1) is 33.3 Å². The first-order chi connectivity index (χ1) is 22.3. The van der Waals surface area contributed by atoms with Crippen molar-refractivity contribution in [3.8, 4) is 23.0 Å². The predicted molar refractivity (Wildman–Crippen MR) is 200 cm³/mol. The van der Waals surface area contributed by atoms with E-state index in [1.54, 1.807) is 44.3 Å². The van der Waals surface area contributed by atoms with Gasteiger partial charge in [-0.25, -0.2) is 0 Å².